The zero-order valence-electron chi connectivity index (χ0n) is 18.7. The highest BCUT2D eigenvalue weighted by Gasteiger charge is 2.34. The van der Waals surface area contributed by atoms with E-state index < -0.39 is 0 Å². The lowest BCUT2D eigenvalue weighted by atomic mass is 9.92. The first-order valence-corrected chi connectivity index (χ1v) is 11.5. The summed E-state index contributed by atoms with van der Waals surface area (Å²) >= 11 is 0. The molecule has 2 saturated heterocycles. The molecule has 0 aliphatic carbocycles. The minimum Gasteiger partial charge on any atom is -0.346 e. The number of benzene rings is 1. The molecule has 1 aromatic carbocycles. The maximum Gasteiger partial charge on any atom is 0.253 e. The lowest BCUT2D eigenvalue weighted by Crippen LogP contribution is -2.49. The molecule has 0 bridgehead atoms. The Balaban J connectivity index is 1.52. The van der Waals surface area contributed by atoms with Crippen molar-refractivity contribution in [3.63, 3.8) is 0 Å². The Hall–Kier alpha value is -2.44. The van der Waals surface area contributed by atoms with Crippen molar-refractivity contribution in [3.8, 4) is 0 Å². The van der Waals surface area contributed by atoms with E-state index in [0.29, 0.717) is 44.6 Å². The molecule has 2 heterocycles. The number of carbonyl (C=O) groups excluding carboxylic acids is 3. The molecule has 0 N–H and O–H groups in total. The van der Waals surface area contributed by atoms with Crippen LogP contribution in [0, 0.1) is 17.7 Å². The Bertz CT molecular complexity index is 775. The van der Waals surface area contributed by atoms with E-state index >= 15 is 0 Å². The molecule has 0 radical (unpaired) electrons. The van der Waals surface area contributed by atoms with E-state index in [4.69, 9.17) is 0 Å². The van der Waals surface area contributed by atoms with Gasteiger partial charge in [0.1, 0.15) is 5.82 Å². The maximum absolute atomic E-state index is 13.1. The SMILES string of the molecule is CCCCN(C)C(=O)C1CCN(C(=O)C2CCCN(C(=O)c3ccc(F)cc3)C2)CC1. The number of rotatable bonds is 6. The Kier molecular flexibility index (Phi) is 8.04. The first-order chi connectivity index (χ1) is 14.9. The number of halogens is 1. The van der Waals surface area contributed by atoms with Crippen molar-refractivity contribution in [1.29, 1.82) is 0 Å². The third-order valence-corrected chi connectivity index (χ3v) is 6.53. The minimum absolute atomic E-state index is 0.00573. The van der Waals surface area contributed by atoms with Crippen LogP contribution >= 0.6 is 0 Å². The van der Waals surface area contributed by atoms with Gasteiger partial charge in [-0.2, -0.15) is 0 Å². The van der Waals surface area contributed by atoms with Gasteiger partial charge in [0.15, 0.2) is 0 Å². The van der Waals surface area contributed by atoms with Gasteiger partial charge in [0.25, 0.3) is 5.91 Å². The largest absolute Gasteiger partial charge is 0.346 e. The molecule has 2 fully saturated rings. The molecular weight excluding hydrogens is 397 g/mol. The lowest BCUT2D eigenvalue weighted by Gasteiger charge is -2.38. The lowest BCUT2D eigenvalue weighted by molar-refractivity contribution is -0.142. The molecule has 31 heavy (non-hydrogen) atoms. The summed E-state index contributed by atoms with van der Waals surface area (Å²) in [4.78, 5) is 43.9. The summed E-state index contributed by atoms with van der Waals surface area (Å²) in [5.74, 6) is -0.471. The summed E-state index contributed by atoms with van der Waals surface area (Å²) in [5, 5.41) is 0. The van der Waals surface area contributed by atoms with E-state index in [2.05, 4.69) is 6.92 Å². The summed E-state index contributed by atoms with van der Waals surface area (Å²) in [6.07, 6.45) is 5.02. The van der Waals surface area contributed by atoms with Crippen molar-refractivity contribution in [2.24, 2.45) is 11.8 Å². The minimum atomic E-state index is -0.373. The number of unbranched alkanes of at least 4 members (excludes halogenated alkanes) is 1. The predicted octanol–water partition coefficient (Wildman–Crippen LogP) is 3.18. The van der Waals surface area contributed by atoms with E-state index in [9.17, 15) is 18.8 Å². The number of piperidine rings is 2. The molecule has 0 saturated carbocycles. The van der Waals surface area contributed by atoms with Gasteiger partial charge in [-0.25, -0.2) is 4.39 Å². The zero-order valence-corrected chi connectivity index (χ0v) is 18.7. The summed E-state index contributed by atoms with van der Waals surface area (Å²) in [7, 11) is 1.87. The van der Waals surface area contributed by atoms with Gasteiger partial charge in [-0.15, -0.1) is 0 Å². The molecule has 0 aromatic heterocycles. The van der Waals surface area contributed by atoms with Gasteiger partial charge < -0.3 is 14.7 Å². The Morgan fingerprint density at radius 2 is 1.68 bits per heavy atom. The van der Waals surface area contributed by atoms with Gasteiger partial charge in [0.05, 0.1) is 5.92 Å². The first-order valence-electron chi connectivity index (χ1n) is 11.5. The van der Waals surface area contributed by atoms with Crippen LogP contribution in [-0.2, 0) is 9.59 Å². The number of hydrogen-bond donors (Lipinski definition) is 0. The molecule has 3 rings (SSSR count). The molecule has 170 valence electrons. The van der Waals surface area contributed by atoms with Crippen LogP contribution in [0.5, 0.6) is 0 Å². The van der Waals surface area contributed by atoms with Gasteiger partial charge in [0.2, 0.25) is 11.8 Å². The van der Waals surface area contributed by atoms with Crippen molar-refractivity contribution in [2.75, 3.05) is 39.8 Å². The number of carbonyl (C=O) groups is 3. The average molecular weight is 432 g/mol. The quantitative estimate of drug-likeness (QED) is 0.695. The summed E-state index contributed by atoms with van der Waals surface area (Å²) in [6, 6.07) is 5.54. The van der Waals surface area contributed by atoms with Crippen molar-refractivity contribution in [2.45, 2.75) is 45.4 Å². The molecule has 1 aromatic rings. The van der Waals surface area contributed by atoms with Gasteiger partial charge in [-0.1, -0.05) is 13.3 Å². The third-order valence-electron chi connectivity index (χ3n) is 6.53. The van der Waals surface area contributed by atoms with Crippen LogP contribution in [0.3, 0.4) is 0 Å². The van der Waals surface area contributed by atoms with Crippen molar-refractivity contribution < 1.29 is 18.8 Å². The van der Waals surface area contributed by atoms with E-state index in [0.717, 1.165) is 32.2 Å². The fourth-order valence-electron chi connectivity index (χ4n) is 4.56. The number of likely N-dealkylation sites (tertiary alicyclic amines) is 2. The Morgan fingerprint density at radius 1 is 1.00 bits per heavy atom. The predicted molar refractivity (Wildman–Crippen MR) is 117 cm³/mol. The highest BCUT2D eigenvalue weighted by Crippen LogP contribution is 2.25. The van der Waals surface area contributed by atoms with Gasteiger partial charge in [-0.3, -0.25) is 14.4 Å². The topological polar surface area (TPSA) is 60.9 Å². The molecule has 1 atom stereocenters. The summed E-state index contributed by atoms with van der Waals surface area (Å²) in [6.45, 7) is 5.10. The van der Waals surface area contributed by atoms with Gasteiger partial charge >= 0.3 is 0 Å². The van der Waals surface area contributed by atoms with E-state index in [1.807, 2.05) is 16.8 Å². The van der Waals surface area contributed by atoms with Crippen LogP contribution in [0.2, 0.25) is 0 Å². The summed E-state index contributed by atoms with van der Waals surface area (Å²) in [5.41, 5.74) is 0.445. The second-order valence-corrected chi connectivity index (χ2v) is 8.81. The number of nitrogens with zero attached hydrogens (tertiary/aromatic N) is 3. The van der Waals surface area contributed by atoms with Crippen LogP contribution in [-0.4, -0.2) is 72.2 Å². The van der Waals surface area contributed by atoms with Crippen LogP contribution < -0.4 is 0 Å². The monoisotopic (exact) mass is 431 g/mol. The fraction of sp³-hybridized carbons (Fsp3) is 0.625. The van der Waals surface area contributed by atoms with Crippen LogP contribution in [0.4, 0.5) is 4.39 Å². The van der Waals surface area contributed by atoms with Crippen molar-refractivity contribution >= 4 is 17.7 Å². The summed E-state index contributed by atoms with van der Waals surface area (Å²) < 4.78 is 13.1. The van der Waals surface area contributed by atoms with Crippen LogP contribution in [0.25, 0.3) is 0 Å². The molecule has 3 amide bonds. The smallest absolute Gasteiger partial charge is 0.253 e. The molecule has 2 aliphatic rings. The number of hydrogen-bond acceptors (Lipinski definition) is 3. The standard InChI is InChI=1S/C24H34FN3O3/c1-3-4-13-26(2)22(29)19-11-15-27(16-12-19)24(31)20-6-5-14-28(17-20)23(30)18-7-9-21(25)10-8-18/h7-10,19-20H,3-6,11-17H2,1-2H3. The van der Waals surface area contributed by atoms with Crippen LogP contribution in [0.1, 0.15) is 55.8 Å². The average Bonchev–Trinajstić information content (AvgIpc) is 2.81. The van der Waals surface area contributed by atoms with E-state index in [-0.39, 0.29) is 35.4 Å². The molecule has 7 heteroatoms. The maximum atomic E-state index is 13.1. The van der Waals surface area contributed by atoms with Gasteiger partial charge in [0, 0.05) is 51.3 Å². The fourth-order valence-corrected chi connectivity index (χ4v) is 4.56. The Labute approximate surface area is 184 Å². The molecule has 2 aliphatic heterocycles. The van der Waals surface area contributed by atoms with Gasteiger partial charge in [-0.05, 0) is 56.4 Å². The normalized spacial score (nSPS) is 19.9. The van der Waals surface area contributed by atoms with E-state index in [1.54, 1.807) is 4.90 Å². The second kappa shape index (κ2) is 10.7. The molecule has 1 unspecified atom stereocenters. The number of amides is 3. The molecular formula is C24H34FN3O3. The highest BCUT2D eigenvalue weighted by atomic mass is 19.1. The second-order valence-electron chi connectivity index (χ2n) is 8.81. The van der Waals surface area contributed by atoms with Crippen molar-refractivity contribution in [3.05, 3.63) is 35.6 Å². The van der Waals surface area contributed by atoms with Crippen molar-refractivity contribution in [1.82, 2.24) is 14.7 Å². The molecule has 6 nitrogen and oxygen atoms in total. The molecule has 0 spiro atoms. The first kappa shape index (κ1) is 23.2. The van der Waals surface area contributed by atoms with Crippen LogP contribution in [0.15, 0.2) is 24.3 Å². The third kappa shape index (κ3) is 5.83. The van der Waals surface area contributed by atoms with E-state index in [1.165, 1.54) is 24.3 Å². The highest BCUT2D eigenvalue weighted by molar-refractivity contribution is 5.94. The Morgan fingerprint density at radius 3 is 2.32 bits per heavy atom. The zero-order chi connectivity index (χ0) is 22.4.